The molecule has 0 saturated carbocycles. The SMILES string of the molecule is Cl.Cl.Cl.Nc1cccc(-c2ccc3nc4c(C(=O)NCCNCCO)cccn4c(=O)c3c2)c1. The first-order valence-corrected chi connectivity index (χ1v) is 9.99. The van der Waals surface area contributed by atoms with Crippen molar-refractivity contribution in [3.05, 3.63) is 76.7 Å². The van der Waals surface area contributed by atoms with Crippen molar-refractivity contribution >= 4 is 65.4 Å². The third kappa shape index (κ3) is 6.16. The molecule has 4 aromatic rings. The number of amides is 1. The number of nitrogens with one attached hydrogen (secondary N) is 2. The van der Waals surface area contributed by atoms with Crippen LogP contribution in [0.5, 0.6) is 0 Å². The van der Waals surface area contributed by atoms with Gasteiger partial charge >= 0.3 is 0 Å². The van der Waals surface area contributed by atoms with Gasteiger partial charge in [-0.05, 0) is 47.5 Å². The zero-order valence-electron chi connectivity index (χ0n) is 18.1. The molecule has 182 valence electrons. The number of benzene rings is 2. The molecule has 11 heteroatoms. The van der Waals surface area contributed by atoms with E-state index in [0.29, 0.717) is 47.4 Å². The molecule has 0 fully saturated rings. The Labute approximate surface area is 214 Å². The van der Waals surface area contributed by atoms with Crippen molar-refractivity contribution < 1.29 is 9.90 Å². The molecular weight excluding hydrogens is 501 g/mol. The van der Waals surface area contributed by atoms with Crippen LogP contribution in [0.25, 0.3) is 27.7 Å². The van der Waals surface area contributed by atoms with Crippen molar-refractivity contribution in [2.45, 2.75) is 0 Å². The minimum Gasteiger partial charge on any atom is -0.399 e. The van der Waals surface area contributed by atoms with Gasteiger partial charge in [-0.1, -0.05) is 18.2 Å². The number of halogens is 3. The van der Waals surface area contributed by atoms with Crippen LogP contribution in [0.3, 0.4) is 0 Å². The minimum absolute atomic E-state index is 0. The van der Waals surface area contributed by atoms with Crippen LogP contribution in [0, 0.1) is 0 Å². The molecule has 0 aliphatic carbocycles. The van der Waals surface area contributed by atoms with Crippen LogP contribution in [-0.2, 0) is 0 Å². The normalized spacial score (nSPS) is 10.1. The molecule has 5 N–H and O–H groups in total. The number of carbonyl (C=O) groups excluding carboxylic acids is 1. The maximum Gasteiger partial charge on any atom is 0.265 e. The summed E-state index contributed by atoms with van der Waals surface area (Å²) in [4.78, 5) is 30.4. The Morgan fingerprint density at radius 2 is 1.74 bits per heavy atom. The molecule has 0 atom stereocenters. The van der Waals surface area contributed by atoms with E-state index in [9.17, 15) is 9.59 Å². The number of carbonyl (C=O) groups is 1. The molecule has 0 unspecified atom stereocenters. The predicted molar refractivity (Wildman–Crippen MR) is 143 cm³/mol. The average molecular weight is 527 g/mol. The fourth-order valence-electron chi connectivity index (χ4n) is 3.47. The second-order valence-electron chi connectivity index (χ2n) is 7.12. The van der Waals surface area contributed by atoms with Gasteiger partial charge in [0.2, 0.25) is 0 Å². The summed E-state index contributed by atoms with van der Waals surface area (Å²) in [5.74, 6) is -0.313. The highest BCUT2D eigenvalue weighted by molar-refractivity contribution is 6.00. The van der Waals surface area contributed by atoms with Gasteiger partial charge < -0.3 is 21.5 Å². The van der Waals surface area contributed by atoms with Crippen LogP contribution < -0.4 is 21.9 Å². The van der Waals surface area contributed by atoms with Gasteiger partial charge in [-0.2, -0.15) is 0 Å². The summed E-state index contributed by atoms with van der Waals surface area (Å²) < 4.78 is 1.39. The Balaban J connectivity index is 0.00000193. The van der Waals surface area contributed by atoms with Crippen molar-refractivity contribution in [1.82, 2.24) is 20.0 Å². The Kier molecular flexibility index (Phi) is 11.3. The fraction of sp³-hybridized carbons (Fsp3) is 0.174. The Bertz CT molecular complexity index is 1330. The van der Waals surface area contributed by atoms with Crippen LogP contribution in [0.4, 0.5) is 5.69 Å². The predicted octanol–water partition coefficient (Wildman–Crippen LogP) is 2.67. The van der Waals surface area contributed by atoms with Crippen molar-refractivity contribution in [2.24, 2.45) is 0 Å². The second-order valence-corrected chi connectivity index (χ2v) is 7.12. The van der Waals surface area contributed by atoms with E-state index < -0.39 is 0 Å². The van der Waals surface area contributed by atoms with Crippen molar-refractivity contribution in [3.63, 3.8) is 0 Å². The number of aliphatic hydroxyl groups excluding tert-OH is 1. The summed E-state index contributed by atoms with van der Waals surface area (Å²) in [6.07, 6.45) is 1.61. The summed E-state index contributed by atoms with van der Waals surface area (Å²) in [7, 11) is 0. The smallest absolute Gasteiger partial charge is 0.265 e. The van der Waals surface area contributed by atoms with E-state index in [-0.39, 0.29) is 55.3 Å². The van der Waals surface area contributed by atoms with Crippen LogP contribution >= 0.6 is 37.2 Å². The third-order valence-corrected chi connectivity index (χ3v) is 4.98. The molecule has 2 aromatic carbocycles. The number of aromatic nitrogens is 2. The average Bonchev–Trinajstić information content (AvgIpc) is 2.78. The van der Waals surface area contributed by atoms with Crippen LogP contribution in [0.1, 0.15) is 10.4 Å². The van der Waals surface area contributed by atoms with Crippen LogP contribution in [0.15, 0.2) is 65.6 Å². The topological polar surface area (TPSA) is 122 Å². The Morgan fingerprint density at radius 1 is 0.971 bits per heavy atom. The van der Waals surface area contributed by atoms with Crippen LogP contribution in [0.2, 0.25) is 0 Å². The molecule has 4 rings (SSSR count). The minimum atomic E-state index is -0.313. The highest BCUT2D eigenvalue weighted by atomic mass is 35.5. The number of hydrogen-bond acceptors (Lipinski definition) is 6. The lowest BCUT2D eigenvalue weighted by atomic mass is 10.0. The Hall–Kier alpha value is -2.88. The number of nitrogens with two attached hydrogens (primary N) is 1. The number of anilines is 1. The summed E-state index contributed by atoms with van der Waals surface area (Å²) in [6.45, 7) is 1.42. The molecule has 0 aliphatic rings. The zero-order chi connectivity index (χ0) is 21.8. The van der Waals surface area contributed by atoms with Gasteiger partial charge in [0, 0.05) is 31.5 Å². The summed E-state index contributed by atoms with van der Waals surface area (Å²) in [5.41, 5.74) is 9.20. The van der Waals surface area contributed by atoms with E-state index in [2.05, 4.69) is 15.6 Å². The molecule has 2 aromatic heterocycles. The van der Waals surface area contributed by atoms with Gasteiger partial charge in [0.05, 0.1) is 23.1 Å². The van der Waals surface area contributed by atoms with E-state index in [4.69, 9.17) is 10.8 Å². The first kappa shape index (κ1) is 29.2. The monoisotopic (exact) mass is 525 g/mol. The number of pyridine rings is 1. The Morgan fingerprint density at radius 3 is 2.47 bits per heavy atom. The van der Waals surface area contributed by atoms with Gasteiger partial charge in [-0.25, -0.2) is 4.98 Å². The summed E-state index contributed by atoms with van der Waals surface area (Å²) >= 11 is 0. The standard InChI is InChI=1S/C23H23N5O3.3ClH/c24-17-4-1-3-15(13-17)16-6-7-20-19(14-16)23(31)28-11-2-5-18(21(28)27-20)22(30)26-9-8-25-10-12-29;;;/h1-7,11,13-14,25,29H,8-10,12,24H2,(H,26,30);3*1H. The van der Waals surface area contributed by atoms with E-state index in [1.54, 1.807) is 30.5 Å². The van der Waals surface area contributed by atoms with E-state index in [0.717, 1.165) is 11.1 Å². The number of fused-ring (bicyclic) bond motifs is 2. The lowest BCUT2D eigenvalue weighted by molar-refractivity contribution is 0.0955. The van der Waals surface area contributed by atoms with Gasteiger partial charge in [0.25, 0.3) is 11.5 Å². The molecule has 0 aliphatic heterocycles. The summed E-state index contributed by atoms with van der Waals surface area (Å²) in [6, 6.07) is 16.2. The maximum absolute atomic E-state index is 13.2. The van der Waals surface area contributed by atoms with E-state index >= 15 is 0 Å². The number of nitrogen functional groups attached to an aromatic ring is 1. The van der Waals surface area contributed by atoms with E-state index in [1.807, 2.05) is 30.3 Å². The molecule has 0 spiro atoms. The highest BCUT2D eigenvalue weighted by Gasteiger charge is 2.14. The summed E-state index contributed by atoms with van der Waals surface area (Å²) in [5, 5.41) is 15.0. The lowest BCUT2D eigenvalue weighted by Crippen LogP contribution is -2.33. The molecule has 1 amide bonds. The molecule has 34 heavy (non-hydrogen) atoms. The molecule has 0 saturated heterocycles. The highest BCUT2D eigenvalue weighted by Crippen LogP contribution is 2.24. The van der Waals surface area contributed by atoms with Gasteiger partial charge in [-0.15, -0.1) is 37.2 Å². The van der Waals surface area contributed by atoms with Crippen molar-refractivity contribution in [2.75, 3.05) is 32.0 Å². The quantitative estimate of drug-likeness (QED) is 0.167. The number of hydrogen-bond donors (Lipinski definition) is 4. The maximum atomic E-state index is 13.2. The molecule has 0 bridgehead atoms. The van der Waals surface area contributed by atoms with Gasteiger partial charge in [0.1, 0.15) is 0 Å². The fourth-order valence-corrected chi connectivity index (χ4v) is 3.47. The van der Waals surface area contributed by atoms with Crippen LogP contribution in [-0.4, -0.2) is 46.6 Å². The lowest BCUT2D eigenvalue weighted by Gasteiger charge is -2.10. The molecule has 8 nitrogen and oxygen atoms in total. The first-order chi connectivity index (χ1) is 15.1. The number of nitrogens with zero attached hydrogens (tertiary/aromatic N) is 2. The molecular formula is C23H26Cl3N5O3. The van der Waals surface area contributed by atoms with Crippen molar-refractivity contribution in [1.29, 1.82) is 0 Å². The molecule has 2 heterocycles. The largest absolute Gasteiger partial charge is 0.399 e. The van der Waals surface area contributed by atoms with Gasteiger partial charge in [0.15, 0.2) is 5.65 Å². The second kappa shape index (κ2) is 13.1. The van der Waals surface area contributed by atoms with Gasteiger partial charge in [-0.3, -0.25) is 14.0 Å². The van der Waals surface area contributed by atoms with E-state index in [1.165, 1.54) is 4.40 Å². The first-order valence-electron chi connectivity index (χ1n) is 9.99. The number of rotatable bonds is 7. The third-order valence-electron chi connectivity index (χ3n) is 4.98. The number of aliphatic hydroxyl groups is 1. The van der Waals surface area contributed by atoms with Crippen molar-refractivity contribution in [3.8, 4) is 11.1 Å². The zero-order valence-corrected chi connectivity index (χ0v) is 20.5. The molecule has 0 radical (unpaired) electrons.